The number of rotatable bonds is 7. The first kappa shape index (κ1) is 16.2. The van der Waals surface area contributed by atoms with Crippen molar-refractivity contribution in [3.8, 4) is 0 Å². The van der Waals surface area contributed by atoms with Crippen LogP contribution < -0.4 is 10.6 Å². The highest BCUT2D eigenvalue weighted by atomic mass is 16.2. The Kier molecular flexibility index (Phi) is 6.73. The van der Waals surface area contributed by atoms with Crippen molar-refractivity contribution >= 4 is 11.8 Å². The van der Waals surface area contributed by atoms with Gasteiger partial charge in [0.05, 0.1) is 6.54 Å². The lowest BCUT2D eigenvalue weighted by Gasteiger charge is -2.14. The molecule has 5 nitrogen and oxygen atoms in total. The lowest BCUT2D eigenvalue weighted by molar-refractivity contribution is -0.128. The average molecular weight is 277 g/mol. The van der Waals surface area contributed by atoms with Crippen LogP contribution in [0.4, 0.5) is 0 Å². The quantitative estimate of drug-likeness (QED) is 0.725. The van der Waals surface area contributed by atoms with E-state index < -0.39 is 0 Å². The zero-order chi connectivity index (χ0) is 15.0. The summed E-state index contributed by atoms with van der Waals surface area (Å²) in [7, 11) is 1.77. The minimum Gasteiger partial charge on any atom is -0.351 e. The Bertz CT molecular complexity index is 443. The van der Waals surface area contributed by atoms with Crippen LogP contribution in [0.2, 0.25) is 0 Å². The van der Waals surface area contributed by atoms with Crippen LogP contribution in [-0.2, 0) is 4.79 Å². The molecule has 5 heteroatoms. The van der Waals surface area contributed by atoms with Crippen molar-refractivity contribution in [2.75, 3.05) is 33.2 Å². The number of benzene rings is 1. The minimum absolute atomic E-state index is 0.0531. The zero-order valence-corrected chi connectivity index (χ0v) is 12.4. The number of likely N-dealkylation sites (N-methyl/N-ethyl adjacent to an activating group) is 1. The molecule has 0 bridgehead atoms. The SMILES string of the molecule is CCN(C)C(=O)CNCCNC(=O)c1ccc(C)cc1. The Hall–Kier alpha value is -1.88. The Morgan fingerprint density at radius 1 is 1.15 bits per heavy atom. The van der Waals surface area contributed by atoms with E-state index in [1.54, 1.807) is 24.1 Å². The van der Waals surface area contributed by atoms with E-state index in [0.29, 0.717) is 31.7 Å². The average Bonchev–Trinajstić information content (AvgIpc) is 2.46. The number of aryl methyl sites for hydroxylation is 1. The van der Waals surface area contributed by atoms with Crippen LogP contribution in [0.25, 0.3) is 0 Å². The predicted molar refractivity (Wildman–Crippen MR) is 79.7 cm³/mol. The van der Waals surface area contributed by atoms with Gasteiger partial charge in [-0.05, 0) is 26.0 Å². The summed E-state index contributed by atoms with van der Waals surface area (Å²) in [6.45, 7) is 5.97. The first-order valence-electron chi connectivity index (χ1n) is 6.84. The number of hydrogen-bond donors (Lipinski definition) is 2. The van der Waals surface area contributed by atoms with E-state index in [2.05, 4.69) is 10.6 Å². The van der Waals surface area contributed by atoms with Gasteiger partial charge in [0.1, 0.15) is 0 Å². The van der Waals surface area contributed by atoms with Crippen LogP contribution in [-0.4, -0.2) is 49.9 Å². The summed E-state index contributed by atoms with van der Waals surface area (Å²) in [5, 5.41) is 5.82. The molecular weight excluding hydrogens is 254 g/mol. The highest BCUT2D eigenvalue weighted by Gasteiger charge is 2.06. The summed E-state index contributed by atoms with van der Waals surface area (Å²) in [5.41, 5.74) is 1.78. The van der Waals surface area contributed by atoms with Crippen molar-refractivity contribution in [2.24, 2.45) is 0 Å². The lowest BCUT2D eigenvalue weighted by Crippen LogP contribution is -2.38. The van der Waals surface area contributed by atoms with E-state index >= 15 is 0 Å². The molecule has 0 spiro atoms. The number of carbonyl (C=O) groups excluding carboxylic acids is 2. The molecule has 0 aliphatic carbocycles. The highest BCUT2D eigenvalue weighted by Crippen LogP contribution is 2.02. The van der Waals surface area contributed by atoms with E-state index in [9.17, 15) is 9.59 Å². The summed E-state index contributed by atoms with van der Waals surface area (Å²) in [4.78, 5) is 24.9. The van der Waals surface area contributed by atoms with Crippen LogP contribution in [0.1, 0.15) is 22.8 Å². The third-order valence-electron chi connectivity index (χ3n) is 3.08. The van der Waals surface area contributed by atoms with Gasteiger partial charge in [-0.1, -0.05) is 17.7 Å². The van der Waals surface area contributed by atoms with Crippen LogP contribution in [0.15, 0.2) is 24.3 Å². The van der Waals surface area contributed by atoms with Gasteiger partial charge < -0.3 is 15.5 Å². The van der Waals surface area contributed by atoms with E-state index in [1.165, 1.54) is 0 Å². The standard InChI is InChI=1S/C15H23N3O2/c1-4-18(3)14(19)11-16-9-10-17-15(20)13-7-5-12(2)6-8-13/h5-8,16H,4,9-11H2,1-3H3,(H,17,20). The Labute approximate surface area is 120 Å². The van der Waals surface area contributed by atoms with Gasteiger partial charge in [-0.15, -0.1) is 0 Å². The molecule has 0 atom stereocenters. The molecule has 0 unspecified atom stereocenters. The maximum Gasteiger partial charge on any atom is 0.251 e. The number of amides is 2. The molecule has 1 aromatic rings. The molecule has 0 heterocycles. The topological polar surface area (TPSA) is 61.4 Å². The number of carbonyl (C=O) groups is 2. The fourth-order valence-electron chi connectivity index (χ4n) is 1.58. The van der Waals surface area contributed by atoms with Crippen LogP contribution in [0.3, 0.4) is 0 Å². The van der Waals surface area contributed by atoms with E-state index in [-0.39, 0.29) is 11.8 Å². The van der Waals surface area contributed by atoms with E-state index in [0.717, 1.165) is 5.56 Å². The van der Waals surface area contributed by atoms with Gasteiger partial charge in [-0.2, -0.15) is 0 Å². The maximum atomic E-state index is 11.8. The van der Waals surface area contributed by atoms with Crippen molar-refractivity contribution in [1.82, 2.24) is 15.5 Å². The van der Waals surface area contributed by atoms with Crippen molar-refractivity contribution < 1.29 is 9.59 Å². The number of hydrogen-bond acceptors (Lipinski definition) is 3. The summed E-state index contributed by atoms with van der Waals surface area (Å²) >= 11 is 0. The zero-order valence-electron chi connectivity index (χ0n) is 12.4. The molecule has 2 amide bonds. The van der Waals surface area contributed by atoms with Crippen LogP contribution >= 0.6 is 0 Å². The molecule has 0 saturated carbocycles. The summed E-state index contributed by atoms with van der Waals surface area (Å²) < 4.78 is 0. The second-order valence-electron chi connectivity index (χ2n) is 4.71. The Morgan fingerprint density at radius 3 is 2.40 bits per heavy atom. The molecule has 20 heavy (non-hydrogen) atoms. The Balaban J connectivity index is 2.20. The van der Waals surface area contributed by atoms with Gasteiger partial charge in [0.2, 0.25) is 5.91 Å². The van der Waals surface area contributed by atoms with Gasteiger partial charge in [-0.3, -0.25) is 9.59 Å². The monoisotopic (exact) mass is 277 g/mol. The number of nitrogens with zero attached hydrogens (tertiary/aromatic N) is 1. The largest absolute Gasteiger partial charge is 0.351 e. The third-order valence-corrected chi connectivity index (χ3v) is 3.08. The van der Waals surface area contributed by atoms with Crippen molar-refractivity contribution in [1.29, 1.82) is 0 Å². The highest BCUT2D eigenvalue weighted by molar-refractivity contribution is 5.94. The minimum atomic E-state index is -0.0937. The summed E-state index contributed by atoms with van der Waals surface area (Å²) in [6.07, 6.45) is 0. The van der Waals surface area contributed by atoms with Crippen LogP contribution in [0, 0.1) is 6.92 Å². The van der Waals surface area contributed by atoms with Crippen molar-refractivity contribution in [3.05, 3.63) is 35.4 Å². The fourth-order valence-corrected chi connectivity index (χ4v) is 1.58. The van der Waals surface area contributed by atoms with E-state index in [1.807, 2.05) is 26.0 Å². The molecule has 0 saturated heterocycles. The normalized spacial score (nSPS) is 10.2. The second-order valence-corrected chi connectivity index (χ2v) is 4.71. The third kappa shape index (κ3) is 5.40. The van der Waals surface area contributed by atoms with Gasteiger partial charge in [0.25, 0.3) is 5.91 Å². The van der Waals surface area contributed by atoms with E-state index in [4.69, 9.17) is 0 Å². The molecule has 0 radical (unpaired) electrons. The smallest absolute Gasteiger partial charge is 0.251 e. The first-order valence-corrected chi connectivity index (χ1v) is 6.84. The molecule has 0 aliphatic heterocycles. The van der Waals surface area contributed by atoms with Gasteiger partial charge >= 0.3 is 0 Å². The fraction of sp³-hybridized carbons (Fsp3) is 0.467. The van der Waals surface area contributed by atoms with Crippen molar-refractivity contribution in [2.45, 2.75) is 13.8 Å². The Morgan fingerprint density at radius 2 is 1.80 bits per heavy atom. The van der Waals surface area contributed by atoms with Gasteiger partial charge in [0, 0.05) is 32.2 Å². The molecule has 0 aliphatic rings. The number of nitrogens with one attached hydrogen (secondary N) is 2. The molecule has 2 N–H and O–H groups in total. The van der Waals surface area contributed by atoms with Crippen LogP contribution in [0.5, 0.6) is 0 Å². The second kappa shape index (κ2) is 8.32. The molecule has 1 rings (SSSR count). The molecule has 0 fully saturated rings. The lowest BCUT2D eigenvalue weighted by atomic mass is 10.1. The molecule has 110 valence electrons. The predicted octanol–water partition coefficient (Wildman–Crippen LogP) is 0.793. The van der Waals surface area contributed by atoms with Crippen molar-refractivity contribution in [3.63, 3.8) is 0 Å². The summed E-state index contributed by atoms with van der Waals surface area (Å²) in [5.74, 6) is -0.0406. The van der Waals surface area contributed by atoms with Gasteiger partial charge in [0.15, 0.2) is 0 Å². The first-order chi connectivity index (χ1) is 9.54. The van der Waals surface area contributed by atoms with Gasteiger partial charge in [-0.25, -0.2) is 0 Å². The molecular formula is C15H23N3O2. The maximum absolute atomic E-state index is 11.8. The molecule has 0 aromatic heterocycles. The summed E-state index contributed by atoms with van der Waals surface area (Å²) in [6, 6.07) is 7.43. The molecule has 1 aromatic carbocycles.